The van der Waals surface area contributed by atoms with E-state index in [0.717, 1.165) is 17.7 Å². The van der Waals surface area contributed by atoms with Crippen LogP contribution in [0.2, 0.25) is 0 Å². The normalized spacial score (nSPS) is 14.6. The van der Waals surface area contributed by atoms with Crippen LogP contribution >= 0.6 is 0 Å². The molecule has 1 aliphatic rings. The molecule has 0 aliphatic carbocycles. The van der Waals surface area contributed by atoms with Crippen molar-refractivity contribution in [2.45, 2.75) is 19.4 Å². The van der Waals surface area contributed by atoms with Crippen molar-refractivity contribution in [1.82, 2.24) is 10.1 Å². The predicted molar refractivity (Wildman–Crippen MR) is 100 cm³/mol. The molecule has 0 atom stereocenters. The van der Waals surface area contributed by atoms with Crippen LogP contribution in [0.15, 0.2) is 59.1 Å². The summed E-state index contributed by atoms with van der Waals surface area (Å²) in [5.41, 5.74) is 10.4. The molecule has 0 radical (unpaired) electrons. The van der Waals surface area contributed by atoms with Gasteiger partial charge in [0.2, 0.25) is 5.76 Å². The summed E-state index contributed by atoms with van der Waals surface area (Å²) in [6.07, 6.45) is 2.63. The topological polar surface area (TPSA) is 72.4 Å². The molecular formula is C21H21N3O2. The fourth-order valence-corrected chi connectivity index (χ4v) is 3.36. The van der Waals surface area contributed by atoms with Crippen LogP contribution in [0.25, 0.3) is 22.4 Å². The molecule has 0 spiro atoms. The van der Waals surface area contributed by atoms with E-state index in [1.54, 1.807) is 6.07 Å². The maximum Gasteiger partial charge on any atom is 0.287 e. The van der Waals surface area contributed by atoms with Gasteiger partial charge in [0.05, 0.1) is 0 Å². The van der Waals surface area contributed by atoms with Crippen LogP contribution < -0.4 is 5.73 Å². The van der Waals surface area contributed by atoms with Crippen LogP contribution in [0.4, 0.5) is 0 Å². The van der Waals surface area contributed by atoms with Gasteiger partial charge in [-0.25, -0.2) is 0 Å². The fourth-order valence-electron chi connectivity index (χ4n) is 3.36. The number of rotatable bonds is 5. The number of hydrogen-bond acceptors (Lipinski definition) is 4. The van der Waals surface area contributed by atoms with Crippen LogP contribution in [-0.2, 0) is 6.54 Å². The molecule has 1 aromatic heterocycles. The van der Waals surface area contributed by atoms with E-state index < -0.39 is 5.91 Å². The Bertz CT molecular complexity index is 892. The Hall–Kier alpha value is -2.92. The van der Waals surface area contributed by atoms with Gasteiger partial charge in [0.15, 0.2) is 0 Å². The lowest BCUT2D eigenvalue weighted by Crippen LogP contribution is -2.18. The standard InChI is InChI=1S/C21H21N3O2/c22-21(25)20-13-19(23-26-20)18-9-7-17(8-10-18)16-5-3-15(4-6-16)14-24-11-1-2-12-24/h3-10,13H,1-2,11-12,14H2,(H2,22,25). The van der Waals surface area contributed by atoms with Gasteiger partial charge in [-0.3, -0.25) is 9.69 Å². The van der Waals surface area contributed by atoms with Crippen molar-refractivity contribution < 1.29 is 9.32 Å². The maximum atomic E-state index is 11.1. The molecule has 3 aromatic rings. The third-order valence-electron chi connectivity index (χ3n) is 4.83. The highest BCUT2D eigenvalue weighted by molar-refractivity contribution is 5.90. The van der Waals surface area contributed by atoms with Crippen molar-refractivity contribution >= 4 is 5.91 Å². The summed E-state index contributed by atoms with van der Waals surface area (Å²) in [4.78, 5) is 13.6. The van der Waals surface area contributed by atoms with E-state index in [4.69, 9.17) is 10.3 Å². The lowest BCUT2D eigenvalue weighted by molar-refractivity contribution is 0.0965. The molecule has 2 aromatic carbocycles. The summed E-state index contributed by atoms with van der Waals surface area (Å²) >= 11 is 0. The quantitative estimate of drug-likeness (QED) is 0.764. The van der Waals surface area contributed by atoms with E-state index in [2.05, 4.69) is 34.3 Å². The summed E-state index contributed by atoms with van der Waals surface area (Å²) in [7, 11) is 0. The summed E-state index contributed by atoms with van der Waals surface area (Å²) < 4.78 is 4.93. The van der Waals surface area contributed by atoms with Crippen LogP contribution in [0.5, 0.6) is 0 Å². The molecule has 0 bridgehead atoms. The number of amides is 1. The largest absolute Gasteiger partial charge is 0.363 e. The first-order chi connectivity index (χ1) is 12.7. The molecule has 132 valence electrons. The average molecular weight is 347 g/mol. The van der Waals surface area contributed by atoms with Gasteiger partial charge in [0, 0.05) is 18.2 Å². The second kappa shape index (κ2) is 7.14. The average Bonchev–Trinajstić information content (AvgIpc) is 3.35. The van der Waals surface area contributed by atoms with E-state index in [-0.39, 0.29) is 5.76 Å². The van der Waals surface area contributed by atoms with Crippen LogP contribution in [-0.4, -0.2) is 29.1 Å². The summed E-state index contributed by atoms with van der Waals surface area (Å²) in [6, 6.07) is 18.3. The fraction of sp³-hybridized carbons (Fsp3) is 0.238. The van der Waals surface area contributed by atoms with Gasteiger partial charge in [0.1, 0.15) is 5.69 Å². The molecule has 0 saturated carbocycles. The Morgan fingerprint density at radius 2 is 1.54 bits per heavy atom. The molecule has 2 heterocycles. The summed E-state index contributed by atoms with van der Waals surface area (Å²) in [5, 5.41) is 3.89. The highest BCUT2D eigenvalue weighted by Crippen LogP contribution is 2.25. The van der Waals surface area contributed by atoms with Crippen molar-refractivity contribution in [3.05, 3.63) is 65.9 Å². The molecular weight excluding hydrogens is 326 g/mol. The number of likely N-dealkylation sites (tertiary alicyclic amines) is 1. The van der Waals surface area contributed by atoms with Gasteiger partial charge in [-0.2, -0.15) is 0 Å². The zero-order valence-electron chi connectivity index (χ0n) is 14.5. The second-order valence-electron chi connectivity index (χ2n) is 6.70. The predicted octanol–water partition coefficient (Wildman–Crippen LogP) is 3.70. The number of nitrogens with zero attached hydrogens (tertiary/aromatic N) is 2. The minimum absolute atomic E-state index is 0.0673. The van der Waals surface area contributed by atoms with E-state index in [9.17, 15) is 4.79 Å². The molecule has 1 aliphatic heterocycles. The molecule has 1 fully saturated rings. The SMILES string of the molecule is NC(=O)c1cc(-c2ccc(-c3ccc(CN4CCCC4)cc3)cc2)no1. The van der Waals surface area contributed by atoms with Gasteiger partial charge in [0.25, 0.3) is 5.91 Å². The van der Waals surface area contributed by atoms with E-state index in [1.165, 1.54) is 37.1 Å². The summed E-state index contributed by atoms with van der Waals surface area (Å²) in [6.45, 7) is 3.46. The van der Waals surface area contributed by atoms with Crippen molar-refractivity contribution in [1.29, 1.82) is 0 Å². The molecule has 2 N–H and O–H groups in total. The smallest absolute Gasteiger partial charge is 0.287 e. The first-order valence-corrected chi connectivity index (χ1v) is 8.88. The first-order valence-electron chi connectivity index (χ1n) is 8.88. The lowest BCUT2D eigenvalue weighted by Gasteiger charge is -2.14. The molecule has 4 rings (SSSR count). The van der Waals surface area contributed by atoms with E-state index in [1.807, 2.05) is 24.3 Å². The minimum Gasteiger partial charge on any atom is -0.363 e. The highest BCUT2D eigenvalue weighted by Gasteiger charge is 2.12. The Labute approximate surface area is 152 Å². The number of carbonyl (C=O) groups excluding carboxylic acids is 1. The minimum atomic E-state index is -0.616. The molecule has 0 unspecified atom stereocenters. The Morgan fingerprint density at radius 1 is 0.962 bits per heavy atom. The number of carbonyl (C=O) groups is 1. The number of aromatic nitrogens is 1. The zero-order chi connectivity index (χ0) is 17.9. The highest BCUT2D eigenvalue weighted by atomic mass is 16.5. The molecule has 26 heavy (non-hydrogen) atoms. The van der Waals surface area contributed by atoms with Crippen LogP contribution in [0.3, 0.4) is 0 Å². The molecule has 1 amide bonds. The van der Waals surface area contributed by atoms with Gasteiger partial charge >= 0.3 is 0 Å². The molecule has 5 nitrogen and oxygen atoms in total. The third-order valence-corrected chi connectivity index (χ3v) is 4.83. The zero-order valence-corrected chi connectivity index (χ0v) is 14.5. The van der Waals surface area contributed by atoms with Gasteiger partial charge in [-0.1, -0.05) is 53.7 Å². The van der Waals surface area contributed by atoms with Crippen molar-refractivity contribution in [3.8, 4) is 22.4 Å². The first kappa shape index (κ1) is 16.5. The maximum absolute atomic E-state index is 11.1. The van der Waals surface area contributed by atoms with E-state index >= 15 is 0 Å². The lowest BCUT2D eigenvalue weighted by atomic mass is 10.0. The van der Waals surface area contributed by atoms with Gasteiger partial charge < -0.3 is 10.3 Å². The van der Waals surface area contributed by atoms with E-state index in [0.29, 0.717) is 5.69 Å². The molecule has 5 heteroatoms. The Morgan fingerprint density at radius 3 is 2.12 bits per heavy atom. The van der Waals surface area contributed by atoms with Gasteiger partial charge in [-0.15, -0.1) is 0 Å². The Balaban J connectivity index is 1.48. The molecule has 1 saturated heterocycles. The van der Waals surface area contributed by atoms with Crippen LogP contribution in [0.1, 0.15) is 29.0 Å². The van der Waals surface area contributed by atoms with Gasteiger partial charge in [-0.05, 0) is 42.6 Å². The van der Waals surface area contributed by atoms with Crippen molar-refractivity contribution in [2.75, 3.05) is 13.1 Å². The van der Waals surface area contributed by atoms with Crippen LogP contribution in [0, 0.1) is 0 Å². The third kappa shape index (κ3) is 3.53. The second-order valence-corrected chi connectivity index (χ2v) is 6.70. The van der Waals surface area contributed by atoms with Crippen molar-refractivity contribution in [3.63, 3.8) is 0 Å². The monoisotopic (exact) mass is 347 g/mol. The van der Waals surface area contributed by atoms with Crippen molar-refractivity contribution in [2.24, 2.45) is 5.73 Å². The number of primary amides is 1. The summed E-state index contributed by atoms with van der Waals surface area (Å²) in [5.74, 6) is -0.549. The number of nitrogens with two attached hydrogens (primary N) is 1. The number of benzene rings is 2. The number of hydrogen-bond donors (Lipinski definition) is 1. The Kier molecular flexibility index (Phi) is 4.54.